The molecule has 6 N–H and O–H groups in total. The first-order valence-electron chi connectivity index (χ1n) is 13.8. The lowest BCUT2D eigenvalue weighted by molar-refractivity contribution is 0.00693. The van der Waals surface area contributed by atoms with Gasteiger partial charge in [0.2, 0.25) is 0 Å². The molecule has 1 fully saturated rings. The van der Waals surface area contributed by atoms with Gasteiger partial charge in [0.25, 0.3) is 0 Å². The van der Waals surface area contributed by atoms with E-state index in [9.17, 15) is 10.2 Å². The van der Waals surface area contributed by atoms with E-state index in [0.717, 1.165) is 68.6 Å². The van der Waals surface area contributed by atoms with Crippen LogP contribution >= 0.6 is 0 Å². The molecule has 2 aliphatic rings. The number of anilines is 1. The first kappa shape index (κ1) is 26.8. The summed E-state index contributed by atoms with van der Waals surface area (Å²) in [5.41, 5.74) is 10.7. The topological polar surface area (TPSA) is 124 Å². The zero-order chi connectivity index (χ0) is 26.5. The van der Waals surface area contributed by atoms with Crippen molar-refractivity contribution in [2.75, 3.05) is 52.0 Å². The quantitative estimate of drug-likeness (QED) is 0.243. The molecule has 5 rings (SSSR count). The number of aliphatic hydroxyl groups excluding tert-OH is 2. The minimum atomic E-state index is -0.868. The van der Waals surface area contributed by atoms with Crippen molar-refractivity contribution in [3.63, 3.8) is 0 Å². The molecule has 0 spiro atoms. The third kappa shape index (κ3) is 5.92. The maximum Gasteiger partial charge on any atom is 0.146 e. The highest BCUT2D eigenvalue weighted by Gasteiger charge is 2.43. The Hall–Kier alpha value is -2.82. The Morgan fingerprint density at radius 1 is 1.05 bits per heavy atom. The highest BCUT2D eigenvalue weighted by atomic mass is 16.3. The van der Waals surface area contributed by atoms with Crippen LogP contribution in [0.5, 0.6) is 0 Å². The van der Waals surface area contributed by atoms with Gasteiger partial charge in [0.1, 0.15) is 23.9 Å². The number of rotatable bonds is 11. The molecular weight excluding hydrogens is 478 g/mol. The second-order valence-electron chi connectivity index (χ2n) is 10.7. The lowest BCUT2D eigenvalue weighted by Gasteiger charge is -2.22. The summed E-state index contributed by atoms with van der Waals surface area (Å²) < 4.78 is 2.02. The SMILES string of the molecule is CN1CC=C(c2cn([C@@H]3C[C@H](CNCCCNCCc4ccccc4)[C@@H](O)[C@H]3O)c3ncnc(N)c23)CC1. The lowest BCUT2D eigenvalue weighted by atomic mass is 10.00. The second kappa shape index (κ2) is 12.4. The van der Waals surface area contributed by atoms with Crippen LogP contribution in [0.15, 0.2) is 48.9 Å². The summed E-state index contributed by atoms with van der Waals surface area (Å²) in [6.07, 6.45) is 7.74. The van der Waals surface area contributed by atoms with Crippen LogP contribution in [0.4, 0.5) is 5.82 Å². The molecule has 0 saturated heterocycles. The van der Waals surface area contributed by atoms with Crippen LogP contribution in [0.2, 0.25) is 0 Å². The maximum absolute atomic E-state index is 11.1. The van der Waals surface area contributed by atoms with Gasteiger partial charge in [-0.3, -0.25) is 0 Å². The summed E-state index contributed by atoms with van der Waals surface area (Å²) in [7, 11) is 2.11. The van der Waals surface area contributed by atoms with Crippen molar-refractivity contribution in [1.82, 2.24) is 30.1 Å². The fourth-order valence-electron chi connectivity index (χ4n) is 5.83. The van der Waals surface area contributed by atoms with E-state index < -0.39 is 12.2 Å². The van der Waals surface area contributed by atoms with E-state index in [1.165, 1.54) is 17.5 Å². The van der Waals surface area contributed by atoms with E-state index in [1.807, 2.05) is 10.6 Å². The van der Waals surface area contributed by atoms with Gasteiger partial charge in [-0.15, -0.1) is 0 Å². The van der Waals surface area contributed by atoms with Gasteiger partial charge in [0.15, 0.2) is 0 Å². The monoisotopic (exact) mass is 519 g/mol. The number of aromatic nitrogens is 3. The van der Waals surface area contributed by atoms with Gasteiger partial charge in [-0.1, -0.05) is 36.4 Å². The number of likely N-dealkylation sites (N-methyl/N-ethyl adjacent to an activating group) is 1. The Bertz CT molecular complexity index is 1230. The molecule has 2 aromatic heterocycles. The van der Waals surface area contributed by atoms with Gasteiger partial charge in [-0.25, -0.2) is 9.97 Å². The Morgan fingerprint density at radius 2 is 1.87 bits per heavy atom. The number of hydrogen-bond donors (Lipinski definition) is 5. The van der Waals surface area contributed by atoms with Crippen LogP contribution in [0.1, 0.15) is 36.4 Å². The Morgan fingerprint density at radius 3 is 2.66 bits per heavy atom. The van der Waals surface area contributed by atoms with Gasteiger partial charge in [-0.05, 0) is 63.5 Å². The van der Waals surface area contributed by atoms with Crippen molar-refractivity contribution in [3.8, 4) is 0 Å². The molecule has 1 aromatic carbocycles. The maximum atomic E-state index is 11.1. The predicted octanol–water partition coefficient (Wildman–Crippen LogP) is 1.83. The van der Waals surface area contributed by atoms with E-state index in [4.69, 9.17) is 5.73 Å². The average Bonchev–Trinajstić information content (AvgIpc) is 3.45. The molecule has 4 atom stereocenters. The number of nitrogen functional groups attached to an aromatic ring is 1. The molecule has 38 heavy (non-hydrogen) atoms. The number of hydrogen-bond acceptors (Lipinski definition) is 8. The predicted molar refractivity (Wildman–Crippen MR) is 152 cm³/mol. The number of nitrogens with one attached hydrogen (secondary N) is 2. The average molecular weight is 520 g/mol. The summed E-state index contributed by atoms with van der Waals surface area (Å²) in [6, 6.07) is 10.2. The van der Waals surface area contributed by atoms with Gasteiger partial charge < -0.3 is 36.0 Å². The molecule has 9 heteroatoms. The Balaban J connectivity index is 1.16. The van der Waals surface area contributed by atoms with Crippen molar-refractivity contribution in [3.05, 3.63) is 60.1 Å². The zero-order valence-corrected chi connectivity index (χ0v) is 22.3. The molecule has 3 aromatic rings. The van der Waals surface area contributed by atoms with Crippen molar-refractivity contribution in [2.24, 2.45) is 5.92 Å². The standard InChI is InChI=1S/C29H41N7O2/c1-35-14-9-21(10-15-35)23-18-36(29-25(23)28(30)33-19-34-29)24-16-22(26(37)27(24)38)17-32-12-5-11-31-13-8-20-6-3-2-4-7-20/h2-4,6-7,9,18-19,22,24,26-27,31-32,37-38H,5,8,10-17H2,1H3,(H2,30,33,34)/t22-,24-,26-,27+/m1/s1. The molecule has 9 nitrogen and oxygen atoms in total. The summed E-state index contributed by atoms with van der Waals surface area (Å²) in [5, 5.41) is 29.8. The van der Waals surface area contributed by atoms with Crippen LogP contribution in [0.3, 0.4) is 0 Å². The fourth-order valence-corrected chi connectivity index (χ4v) is 5.83. The lowest BCUT2D eigenvalue weighted by Crippen LogP contribution is -2.34. The number of benzene rings is 1. The molecule has 0 radical (unpaired) electrons. The molecule has 0 unspecified atom stereocenters. The molecule has 3 heterocycles. The van der Waals surface area contributed by atoms with Gasteiger partial charge in [0.05, 0.1) is 17.5 Å². The molecule has 1 aliphatic heterocycles. The van der Waals surface area contributed by atoms with Crippen LogP contribution in [0.25, 0.3) is 16.6 Å². The van der Waals surface area contributed by atoms with Crippen molar-refractivity contribution >= 4 is 22.4 Å². The largest absolute Gasteiger partial charge is 0.390 e. The van der Waals surface area contributed by atoms with Gasteiger partial charge in [-0.2, -0.15) is 0 Å². The first-order chi connectivity index (χ1) is 18.5. The molecule has 1 aliphatic carbocycles. The number of fused-ring (bicyclic) bond motifs is 1. The summed E-state index contributed by atoms with van der Waals surface area (Å²) in [4.78, 5) is 11.1. The zero-order valence-electron chi connectivity index (χ0n) is 22.3. The first-order valence-corrected chi connectivity index (χ1v) is 13.8. The fraction of sp³-hybridized carbons (Fsp3) is 0.517. The molecular formula is C29H41N7O2. The van der Waals surface area contributed by atoms with Gasteiger partial charge >= 0.3 is 0 Å². The third-order valence-corrected chi connectivity index (χ3v) is 8.07. The van der Waals surface area contributed by atoms with E-state index >= 15 is 0 Å². The summed E-state index contributed by atoms with van der Waals surface area (Å²) in [5.74, 6) is 0.413. The highest BCUT2D eigenvalue weighted by Crippen LogP contribution is 2.40. The Labute approximate surface area is 224 Å². The number of aliphatic hydroxyl groups is 2. The smallest absolute Gasteiger partial charge is 0.146 e. The highest BCUT2D eigenvalue weighted by molar-refractivity contribution is 5.97. The summed E-state index contributed by atoms with van der Waals surface area (Å²) in [6.45, 7) is 5.31. The third-order valence-electron chi connectivity index (χ3n) is 8.07. The molecule has 0 amide bonds. The van der Waals surface area contributed by atoms with E-state index in [2.05, 4.69) is 69.1 Å². The number of nitrogens with zero attached hydrogens (tertiary/aromatic N) is 4. The summed E-state index contributed by atoms with van der Waals surface area (Å²) >= 11 is 0. The van der Waals surface area contributed by atoms with Crippen molar-refractivity contribution < 1.29 is 10.2 Å². The van der Waals surface area contributed by atoms with Crippen LogP contribution in [-0.4, -0.2) is 88.2 Å². The molecule has 0 bridgehead atoms. The van der Waals surface area contributed by atoms with Crippen molar-refractivity contribution in [1.29, 1.82) is 0 Å². The van der Waals surface area contributed by atoms with Crippen molar-refractivity contribution in [2.45, 2.75) is 43.9 Å². The van der Waals surface area contributed by atoms with Crippen LogP contribution < -0.4 is 16.4 Å². The minimum absolute atomic E-state index is 0.0383. The van der Waals surface area contributed by atoms with Gasteiger partial charge in [0, 0.05) is 37.3 Å². The second-order valence-corrected chi connectivity index (χ2v) is 10.7. The van der Waals surface area contributed by atoms with Crippen LogP contribution in [0, 0.1) is 5.92 Å². The number of nitrogens with two attached hydrogens (primary N) is 1. The van der Waals surface area contributed by atoms with Crippen LogP contribution in [-0.2, 0) is 6.42 Å². The minimum Gasteiger partial charge on any atom is -0.390 e. The van der Waals surface area contributed by atoms with E-state index in [1.54, 1.807) is 0 Å². The van der Waals surface area contributed by atoms with E-state index in [-0.39, 0.29) is 12.0 Å². The normalized spacial score (nSPS) is 24.2. The molecule has 204 valence electrons. The Kier molecular flexibility index (Phi) is 8.71. The van der Waals surface area contributed by atoms with E-state index in [0.29, 0.717) is 18.8 Å². The molecule has 1 saturated carbocycles.